The van der Waals surface area contributed by atoms with E-state index < -0.39 is 0 Å². The summed E-state index contributed by atoms with van der Waals surface area (Å²) in [6.45, 7) is 8.41. The van der Waals surface area contributed by atoms with Crippen LogP contribution in [0.15, 0.2) is 23.3 Å². The molecular weight excluding hydrogens is 322 g/mol. The van der Waals surface area contributed by atoms with E-state index in [2.05, 4.69) is 46.4 Å². The zero-order valence-corrected chi connectivity index (χ0v) is 15.5. The molecule has 0 saturated heterocycles. The fourth-order valence-corrected chi connectivity index (χ4v) is 3.00. The van der Waals surface area contributed by atoms with Gasteiger partial charge in [0.15, 0.2) is 5.96 Å². The largest absolute Gasteiger partial charge is 0.481 e. The Balaban J connectivity index is 1.87. The lowest BCUT2D eigenvalue weighted by molar-refractivity contribution is 0.397. The molecule has 0 bridgehead atoms. The van der Waals surface area contributed by atoms with Gasteiger partial charge in [-0.3, -0.25) is 0 Å². The minimum absolute atomic E-state index is 0.571. The molecule has 0 amide bonds. The van der Waals surface area contributed by atoms with Gasteiger partial charge in [0.1, 0.15) is 0 Å². The van der Waals surface area contributed by atoms with Crippen LogP contribution in [0.5, 0.6) is 5.88 Å². The fraction of sp³-hybridized carbons (Fsp3) is 0.471. The normalized spacial score (nSPS) is 11.4. The van der Waals surface area contributed by atoms with Gasteiger partial charge in [-0.15, -0.1) is 11.3 Å². The number of guanidine groups is 1. The van der Waals surface area contributed by atoms with Crippen LogP contribution < -0.4 is 15.4 Å². The maximum Gasteiger partial charge on any atom is 0.212 e. The van der Waals surface area contributed by atoms with Crippen molar-refractivity contribution in [2.24, 2.45) is 4.99 Å². The van der Waals surface area contributed by atoms with Gasteiger partial charge in [-0.2, -0.15) is 0 Å². The van der Waals surface area contributed by atoms with Crippen LogP contribution in [0.4, 0.5) is 0 Å². The summed E-state index contributed by atoms with van der Waals surface area (Å²) < 4.78 is 5.06. The van der Waals surface area contributed by atoms with Crippen LogP contribution in [0.25, 0.3) is 0 Å². The van der Waals surface area contributed by atoms with E-state index in [1.807, 2.05) is 12.1 Å². The summed E-state index contributed by atoms with van der Waals surface area (Å²) in [5, 5.41) is 7.77. The molecule has 6 nitrogen and oxygen atoms in total. The topological polar surface area (TPSA) is 71.4 Å². The lowest BCUT2D eigenvalue weighted by Crippen LogP contribution is -2.38. The average Bonchev–Trinajstić information content (AvgIpc) is 2.91. The van der Waals surface area contributed by atoms with Crippen molar-refractivity contribution >= 4 is 17.3 Å². The minimum atomic E-state index is 0.571. The number of ether oxygens (including phenoxy) is 1. The van der Waals surface area contributed by atoms with Crippen molar-refractivity contribution in [2.45, 2.75) is 33.7 Å². The second-order valence-corrected chi connectivity index (χ2v) is 6.62. The first-order chi connectivity index (χ1) is 11.6. The highest BCUT2D eigenvalue weighted by Crippen LogP contribution is 2.16. The van der Waals surface area contributed by atoms with Gasteiger partial charge < -0.3 is 15.4 Å². The van der Waals surface area contributed by atoms with Gasteiger partial charge in [-0.25, -0.2) is 15.0 Å². The minimum Gasteiger partial charge on any atom is -0.481 e. The van der Waals surface area contributed by atoms with Crippen LogP contribution in [0.1, 0.15) is 28.1 Å². The van der Waals surface area contributed by atoms with Crippen molar-refractivity contribution in [1.29, 1.82) is 0 Å². The molecule has 0 fully saturated rings. The highest BCUT2D eigenvalue weighted by Gasteiger charge is 2.04. The second-order valence-electron chi connectivity index (χ2n) is 5.33. The number of hydrogen-bond acceptors (Lipinski definition) is 5. The van der Waals surface area contributed by atoms with E-state index in [0.717, 1.165) is 41.7 Å². The summed E-state index contributed by atoms with van der Waals surface area (Å²) in [5.41, 5.74) is 2.17. The Bertz CT molecular complexity index is 647. The van der Waals surface area contributed by atoms with Crippen LogP contribution in [0.3, 0.4) is 0 Å². The number of aliphatic imine (C=N–C) groups is 1. The zero-order valence-electron chi connectivity index (χ0n) is 14.7. The van der Waals surface area contributed by atoms with Crippen molar-refractivity contribution < 1.29 is 4.74 Å². The quantitative estimate of drug-likeness (QED) is 0.595. The number of methoxy groups -OCH3 is 1. The third kappa shape index (κ3) is 5.49. The summed E-state index contributed by atoms with van der Waals surface area (Å²) in [5.74, 6) is 1.42. The number of aryl methyl sites for hydroxylation is 2. The molecular formula is C17H25N5OS. The number of nitrogens with zero attached hydrogens (tertiary/aromatic N) is 3. The van der Waals surface area contributed by atoms with Crippen LogP contribution in [0.2, 0.25) is 0 Å². The Morgan fingerprint density at radius 3 is 2.71 bits per heavy atom. The molecule has 0 unspecified atom stereocenters. The second kappa shape index (κ2) is 9.22. The molecule has 2 rings (SSSR count). The highest BCUT2D eigenvalue weighted by atomic mass is 32.1. The Kier molecular flexibility index (Phi) is 6.99. The molecule has 0 atom stereocenters. The number of nitrogens with one attached hydrogen (secondary N) is 2. The molecule has 0 spiro atoms. The van der Waals surface area contributed by atoms with Gasteiger partial charge >= 0.3 is 0 Å². The lowest BCUT2D eigenvalue weighted by atomic mass is 10.3. The van der Waals surface area contributed by atoms with E-state index >= 15 is 0 Å². The predicted molar refractivity (Wildman–Crippen MR) is 98.9 cm³/mol. The highest BCUT2D eigenvalue weighted by molar-refractivity contribution is 7.11. The molecule has 0 aliphatic carbocycles. The van der Waals surface area contributed by atoms with Crippen LogP contribution in [-0.4, -0.2) is 36.1 Å². The summed E-state index contributed by atoms with van der Waals surface area (Å²) >= 11 is 1.76. The number of hydrogen-bond donors (Lipinski definition) is 2. The molecule has 130 valence electrons. The van der Waals surface area contributed by atoms with E-state index in [9.17, 15) is 0 Å². The monoisotopic (exact) mass is 347 g/mol. The third-order valence-corrected chi connectivity index (χ3v) is 4.61. The van der Waals surface area contributed by atoms with Gasteiger partial charge in [-0.05, 0) is 26.3 Å². The SMILES string of the molecule is CCNC(=NCc1ccc(OC)nc1)NCCc1nc(C)c(C)s1. The molecule has 2 heterocycles. The van der Waals surface area contributed by atoms with Gasteiger partial charge in [-0.1, -0.05) is 6.07 Å². The average molecular weight is 347 g/mol. The van der Waals surface area contributed by atoms with Gasteiger partial charge in [0, 0.05) is 36.7 Å². The molecule has 2 aromatic heterocycles. The number of rotatable bonds is 7. The molecule has 0 saturated carbocycles. The fourth-order valence-electron chi connectivity index (χ4n) is 2.07. The Morgan fingerprint density at radius 2 is 2.12 bits per heavy atom. The predicted octanol–water partition coefficient (Wildman–Crippen LogP) is 2.46. The first kappa shape index (κ1) is 18.2. The van der Waals surface area contributed by atoms with E-state index in [1.54, 1.807) is 24.6 Å². The van der Waals surface area contributed by atoms with Crippen molar-refractivity contribution in [3.8, 4) is 5.88 Å². The van der Waals surface area contributed by atoms with Crippen molar-refractivity contribution in [1.82, 2.24) is 20.6 Å². The smallest absolute Gasteiger partial charge is 0.212 e. The first-order valence-electron chi connectivity index (χ1n) is 8.06. The van der Waals surface area contributed by atoms with Gasteiger partial charge in [0.2, 0.25) is 5.88 Å². The van der Waals surface area contributed by atoms with E-state index in [-0.39, 0.29) is 0 Å². The van der Waals surface area contributed by atoms with Crippen LogP contribution >= 0.6 is 11.3 Å². The molecule has 0 radical (unpaired) electrons. The maximum atomic E-state index is 5.06. The summed E-state index contributed by atoms with van der Waals surface area (Å²) in [7, 11) is 1.61. The first-order valence-corrected chi connectivity index (χ1v) is 8.88. The van der Waals surface area contributed by atoms with Gasteiger partial charge in [0.25, 0.3) is 0 Å². The third-order valence-electron chi connectivity index (χ3n) is 3.47. The van der Waals surface area contributed by atoms with Crippen molar-refractivity contribution in [3.05, 3.63) is 39.5 Å². The molecule has 0 aromatic carbocycles. The van der Waals surface area contributed by atoms with E-state index in [1.165, 1.54) is 4.88 Å². The number of pyridine rings is 1. The van der Waals surface area contributed by atoms with Crippen LogP contribution in [-0.2, 0) is 13.0 Å². The molecule has 24 heavy (non-hydrogen) atoms. The van der Waals surface area contributed by atoms with E-state index in [0.29, 0.717) is 12.4 Å². The summed E-state index contributed by atoms with van der Waals surface area (Å²) in [4.78, 5) is 14.6. The molecule has 2 aromatic rings. The standard InChI is InChI=1S/C17H25N5OS/c1-5-18-17(19-9-8-16-22-12(2)13(3)24-16)21-11-14-6-7-15(23-4)20-10-14/h6-7,10H,5,8-9,11H2,1-4H3,(H2,18,19,21). The lowest BCUT2D eigenvalue weighted by Gasteiger charge is -2.10. The van der Waals surface area contributed by atoms with Crippen molar-refractivity contribution in [2.75, 3.05) is 20.2 Å². The number of thiazole rings is 1. The Morgan fingerprint density at radius 1 is 1.29 bits per heavy atom. The Hall–Kier alpha value is -2.15. The summed E-state index contributed by atoms with van der Waals surface area (Å²) in [6, 6.07) is 3.82. The zero-order chi connectivity index (χ0) is 17.4. The van der Waals surface area contributed by atoms with E-state index in [4.69, 9.17) is 4.74 Å². The molecule has 0 aliphatic rings. The molecule has 2 N–H and O–H groups in total. The van der Waals surface area contributed by atoms with Crippen LogP contribution in [0, 0.1) is 13.8 Å². The maximum absolute atomic E-state index is 5.06. The summed E-state index contributed by atoms with van der Waals surface area (Å²) in [6.07, 6.45) is 2.68. The van der Waals surface area contributed by atoms with Crippen molar-refractivity contribution in [3.63, 3.8) is 0 Å². The molecule has 0 aliphatic heterocycles. The Labute approximate surface area is 147 Å². The molecule has 7 heteroatoms. The number of aromatic nitrogens is 2. The van der Waals surface area contributed by atoms with Gasteiger partial charge in [0.05, 0.1) is 24.4 Å².